The van der Waals surface area contributed by atoms with Crippen molar-refractivity contribution in [3.8, 4) is 0 Å². The van der Waals surface area contributed by atoms with Gasteiger partial charge < -0.3 is 18.6 Å². The van der Waals surface area contributed by atoms with Crippen LogP contribution >= 0.6 is 0 Å². The van der Waals surface area contributed by atoms with Gasteiger partial charge in [-0.15, -0.1) is 0 Å². The van der Waals surface area contributed by atoms with Crippen LogP contribution in [0.15, 0.2) is 0 Å². The van der Waals surface area contributed by atoms with Gasteiger partial charge >= 0.3 is 14.0 Å². The summed E-state index contributed by atoms with van der Waals surface area (Å²) in [6.07, 6.45) is 2.19. The highest BCUT2D eigenvalue weighted by Crippen LogP contribution is 2.18. The Bertz CT molecular complexity index is 179. The monoisotopic (exact) mass is 226 g/mol. The number of hydrogen-bond acceptors (Lipinski definition) is 4. The van der Waals surface area contributed by atoms with Crippen molar-refractivity contribution in [1.82, 2.24) is 0 Å². The van der Waals surface area contributed by atoms with Crippen LogP contribution < -0.4 is 0 Å². The number of hydrogen-bond donors (Lipinski definition) is 0. The molecule has 0 N–H and O–H groups in total. The van der Waals surface area contributed by atoms with Crippen LogP contribution in [0.3, 0.4) is 0 Å². The van der Waals surface area contributed by atoms with E-state index in [0.717, 1.165) is 39.3 Å². The summed E-state index contributed by atoms with van der Waals surface area (Å²) in [6, 6.07) is 0. The molecule has 0 unspecified atom stereocenters. The molecule has 0 spiro atoms. The van der Waals surface area contributed by atoms with E-state index < -0.39 is 0 Å². The van der Waals surface area contributed by atoms with Gasteiger partial charge in [0.2, 0.25) is 0 Å². The first-order valence-electron chi connectivity index (χ1n) is 6.29. The van der Waals surface area contributed by atoms with Gasteiger partial charge in [-0.05, 0) is 12.8 Å². The van der Waals surface area contributed by atoms with Crippen LogP contribution in [0.4, 0.5) is 0 Å². The van der Waals surface area contributed by atoms with Crippen LogP contribution in [0.5, 0.6) is 0 Å². The summed E-state index contributed by atoms with van der Waals surface area (Å²) in [5.41, 5.74) is 0. The quantitative estimate of drug-likeness (QED) is 0.677. The predicted octanol–water partition coefficient (Wildman–Crippen LogP) is 1.19. The highest BCUT2D eigenvalue weighted by molar-refractivity contribution is 7.10. The van der Waals surface area contributed by atoms with Crippen molar-refractivity contribution in [2.45, 2.75) is 26.7 Å². The first kappa shape index (κ1) is 12.4. The molecule has 2 aliphatic heterocycles. The summed E-state index contributed by atoms with van der Waals surface area (Å²) in [5, 5.41) is 0. The van der Waals surface area contributed by atoms with E-state index in [-0.39, 0.29) is 14.0 Å². The standard InChI is InChI=1S/C10H20B2O4/c1-3-9-5-13-11(14-6-9)12-15-7-10(4-2)8-16-12/h9-10H,3-8H2,1-2H3. The Labute approximate surface area is 98.2 Å². The SMILES string of the molecule is CCC1COB(B2OCC(CC)CO2)OC1. The smallest absolute Gasteiger partial charge is 0.413 e. The summed E-state index contributed by atoms with van der Waals surface area (Å²) >= 11 is 0. The van der Waals surface area contributed by atoms with Gasteiger partial charge in [0, 0.05) is 38.3 Å². The highest BCUT2D eigenvalue weighted by atomic mass is 16.7. The van der Waals surface area contributed by atoms with Crippen LogP contribution in [0, 0.1) is 11.8 Å². The molecule has 0 atom stereocenters. The Kier molecular flexibility index (Phi) is 4.70. The zero-order valence-corrected chi connectivity index (χ0v) is 10.2. The lowest BCUT2D eigenvalue weighted by atomic mass is 9.47. The maximum atomic E-state index is 5.62. The van der Waals surface area contributed by atoms with Gasteiger partial charge in [-0.25, -0.2) is 0 Å². The minimum atomic E-state index is -0.333. The average Bonchev–Trinajstić information content (AvgIpc) is 2.39. The second-order valence-electron chi connectivity index (χ2n) is 4.62. The lowest BCUT2D eigenvalue weighted by molar-refractivity contribution is 0.0524. The first-order chi connectivity index (χ1) is 7.83. The minimum absolute atomic E-state index is 0.333. The molecule has 2 aliphatic rings. The Hall–Kier alpha value is -0.0301. The lowest BCUT2D eigenvalue weighted by Gasteiger charge is -2.32. The Morgan fingerprint density at radius 2 is 1.06 bits per heavy atom. The summed E-state index contributed by atoms with van der Waals surface area (Å²) in [7, 11) is -0.666. The van der Waals surface area contributed by atoms with E-state index >= 15 is 0 Å². The van der Waals surface area contributed by atoms with Crippen molar-refractivity contribution in [2.75, 3.05) is 26.4 Å². The fourth-order valence-corrected chi connectivity index (χ4v) is 1.90. The van der Waals surface area contributed by atoms with E-state index in [0.29, 0.717) is 11.8 Å². The summed E-state index contributed by atoms with van der Waals surface area (Å²) in [4.78, 5) is 0. The predicted molar refractivity (Wildman–Crippen MR) is 62.9 cm³/mol. The normalized spacial score (nSPS) is 25.1. The maximum Gasteiger partial charge on any atom is 0.488 e. The van der Waals surface area contributed by atoms with Crippen molar-refractivity contribution in [1.29, 1.82) is 0 Å². The molecule has 2 heterocycles. The van der Waals surface area contributed by atoms with Crippen molar-refractivity contribution in [3.05, 3.63) is 0 Å². The summed E-state index contributed by atoms with van der Waals surface area (Å²) < 4.78 is 22.5. The lowest BCUT2D eigenvalue weighted by Crippen LogP contribution is -2.53. The second-order valence-corrected chi connectivity index (χ2v) is 4.62. The fraction of sp³-hybridized carbons (Fsp3) is 1.00. The molecule has 0 aromatic heterocycles. The van der Waals surface area contributed by atoms with E-state index in [1.165, 1.54) is 0 Å². The molecule has 2 saturated heterocycles. The average molecular weight is 226 g/mol. The van der Waals surface area contributed by atoms with Crippen LogP contribution in [-0.2, 0) is 18.6 Å². The molecular weight excluding hydrogens is 206 g/mol. The van der Waals surface area contributed by atoms with E-state index in [1.54, 1.807) is 0 Å². The molecule has 0 aliphatic carbocycles. The molecule has 0 bridgehead atoms. The topological polar surface area (TPSA) is 36.9 Å². The van der Waals surface area contributed by atoms with E-state index in [9.17, 15) is 0 Å². The van der Waals surface area contributed by atoms with Crippen LogP contribution in [0.25, 0.3) is 0 Å². The third kappa shape index (κ3) is 3.00. The molecule has 0 aromatic rings. The van der Waals surface area contributed by atoms with E-state index in [1.807, 2.05) is 0 Å². The molecule has 6 heteroatoms. The molecule has 0 saturated carbocycles. The zero-order chi connectivity index (χ0) is 11.4. The van der Waals surface area contributed by atoms with Crippen LogP contribution in [0.2, 0.25) is 0 Å². The van der Waals surface area contributed by atoms with Gasteiger partial charge in [-0.3, -0.25) is 0 Å². The molecule has 0 amide bonds. The third-order valence-electron chi connectivity index (χ3n) is 3.36. The van der Waals surface area contributed by atoms with Crippen LogP contribution in [-0.4, -0.2) is 40.4 Å². The fourth-order valence-electron chi connectivity index (χ4n) is 1.90. The first-order valence-corrected chi connectivity index (χ1v) is 6.29. The molecule has 4 nitrogen and oxygen atoms in total. The molecule has 2 rings (SSSR count). The summed E-state index contributed by atoms with van der Waals surface area (Å²) in [6.45, 7) is 7.31. The van der Waals surface area contributed by atoms with E-state index in [2.05, 4.69) is 13.8 Å². The third-order valence-corrected chi connectivity index (χ3v) is 3.36. The second kappa shape index (κ2) is 6.05. The molecule has 0 aromatic carbocycles. The van der Waals surface area contributed by atoms with Gasteiger partial charge in [-0.2, -0.15) is 0 Å². The summed E-state index contributed by atoms with van der Waals surface area (Å²) in [5.74, 6) is 1.03. The molecular formula is C10H20B2O4. The van der Waals surface area contributed by atoms with Gasteiger partial charge in [0.15, 0.2) is 0 Å². The van der Waals surface area contributed by atoms with Crippen molar-refractivity contribution >= 4 is 14.0 Å². The van der Waals surface area contributed by atoms with Gasteiger partial charge in [0.05, 0.1) is 0 Å². The molecule has 2 fully saturated rings. The van der Waals surface area contributed by atoms with Crippen molar-refractivity contribution in [2.24, 2.45) is 11.8 Å². The van der Waals surface area contributed by atoms with Gasteiger partial charge in [-0.1, -0.05) is 13.8 Å². The van der Waals surface area contributed by atoms with E-state index in [4.69, 9.17) is 18.6 Å². The minimum Gasteiger partial charge on any atom is -0.413 e. The Balaban J connectivity index is 1.73. The molecule has 90 valence electrons. The largest absolute Gasteiger partial charge is 0.488 e. The van der Waals surface area contributed by atoms with Crippen molar-refractivity contribution < 1.29 is 18.6 Å². The molecule has 16 heavy (non-hydrogen) atoms. The Morgan fingerprint density at radius 3 is 1.31 bits per heavy atom. The molecule has 0 radical (unpaired) electrons. The Morgan fingerprint density at radius 1 is 0.750 bits per heavy atom. The zero-order valence-electron chi connectivity index (χ0n) is 10.2. The number of rotatable bonds is 3. The maximum absolute atomic E-state index is 5.62. The van der Waals surface area contributed by atoms with Crippen LogP contribution in [0.1, 0.15) is 26.7 Å². The van der Waals surface area contributed by atoms with Crippen molar-refractivity contribution in [3.63, 3.8) is 0 Å². The van der Waals surface area contributed by atoms with Gasteiger partial charge in [0.25, 0.3) is 0 Å². The highest BCUT2D eigenvalue weighted by Gasteiger charge is 2.44. The van der Waals surface area contributed by atoms with Gasteiger partial charge in [0.1, 0.15) is 0 Å².